The second-order valence-electron chi connectivity index (χ2n) is 10.9. The number of rotatable bonds is 3. The quantitative estimate of drug-likeness (QED) is 0.167. The van der Waals surface area contributed by atoms with Crippen LogP contribution < -0.4 is 0 Å². The van der Waals surface area contributed by atoms with Crippen LogP contribution in [-0.4, -0.2) is 0 Å². The van der Waals surface area contributed by atoms with E-state index in [1.165, 1.54) is 76.5 Å². The van der Waals surface area contributed by atoms with Crippen molar-refractivity contribution < 1.29 is 4.42 Å². The summed E-state index contributed by atoms with van der Waals surface area (Å²) in [5, 5.41) is 9.89. The number of benzene rings is 8. The molecule has 0 aliphatic carbocycles. The van der Waals surface area contributed by atoms with Crippen LogP contribution in [0.1, 0.15) is 0 Å². The molecule has 0 saturated heterocycles. The van der Waals surface area contributed by atoms with E-state index in [1.54, 1.807) is 0 Å². The van der Waals surface area contributed by atoms with Crippen LogP contribution in [0.3, 0.4) is 0 Å². The maximum Gasteiger partial charge on any atom is 0.136 e. The zero-order valence-electron chi connectivity index (χ0n) is 22.3. The highest BCUT2D eigenvalue weighted by Crippen LogP contribution is 2.48. The van der Waals surface area contributed by atoms with Crippen molar-refractivity contribution >= 4 is 54.3 Å². The van der Waals surface area contributed by atoms with E-state index in [9.17, 15) is 0 Å². The zero-order chi connectivity index (χ0) is 26.9. The standard InChI is InChI=1S/C40H24O/c1-3-12-25(13-4-1)27-22-28-23-34(33-20-11-21-35-40(33)38(28)36(24-27)41-35)39-31-18-9-7-16-29(31)37(26-14-5-2-6-15-26)30-17-8-10-19-32(30)39/h1-24H. The van der Waals surface area contributed by atoms with Crippen LogP contribution in [0.5, 0.6) is 0 Å². The summed E-state index contributed by atoms with van der Waals surface area (Å²) >= 11 is 0. The first-order chi connectivity index (χ1) is 20.3. The number of furan rings is 1. The van der Waals surface area contributed by atoms with Gasteiger partial charge in [-0.15, -0.1) is 0 Å². The summed E-state index contributed by atoms with van der Waals surface area (Å²) in [7, 11) is 0. The van der Waals surface area contributed by atoms with Crippen molar-refractivity contribution in [3.63, 3.8) is 0 Å². The lowest BCUT2D eigenvalue weighted by molar-refractivity contribution is 0.669. The number of hydrogen-bond donors (Lipinski definition) is 0. The molecule has 0 amide bonds. The van der Waals surface area contributed by atoms with E-state index in [0.717, 1.165) is 11.2 Å². The Labute approximate surface area is 237 Å². The van der Waals surface area contributed by atoms with Gasteiger partial charge in [-0.3, -0.25) is 0 Å². The minimum absolute atomic E-state index is 0.934. The molecule has 0 unspecified atom stereocenters. The van der Waals surface area contributed by atoms with Crippen molar-refractivity contribution in [2.75, 3.05) is 0 Å². The fourth-order valence-electron chi connectivity index (χ4n) is 6.89. The maximum absolute atomic E-state index is 6.52. The molecular formula is C40H24O. The van der Waals surface area contributed by atoms with Crippen molar-refractivity contribution in [2.45, 2.75) is 0 Å². The average molecular weight is 521 g/mol. The first-order valence-electron chi connectivity index (χ1n) is 14.1. The van der Waals surface area contributed by atoms with Crippen LogP contribution >= 0.6 is 0 Å². The summed E-state index contributed by atoms with van der Waals surface area (Å²) in [6.07, 6.45) is 0. The highest BCUT2D eigenvalue weighted by Gasteiger charge is 2.22. The molecular weight excluding hydrogens is 496 g/mol. The van der Waals surface area contributed by atoms with Crippen molar-refractivity contribution in [2.24, 2.45) is 0 Å². The molecule has 0 spiro atoms. The van der Waals surface area contributed by atoms with Gasteiger partial charge in [-0.05, 0) is 90.0 Å². The van der Waals surface area contributed by atoms with Gasteiger partial charge in [0.05, 0.1) is 0 Å². The third-order valence-electron chi connectivity index (χ3n) is 8.59. The van der Waals surface area contributed by atoms with E-state index in [0.29, 0.717) is 0 Å². The predicted octanol–water partition coefficient (Wildman–Crippen LogP) is 11.5. The lowest BCUT2D eigenvalue weighted by Gasteiger charge is -2.19. The Bertz CT molecular complexity index is 2340. The van der Waals surface area contributed by atoms with Gasteiger partial charge in [0, 0.05) is 10.8 Å². The molecule has 0 radical (unpaired) electrons. The van der Waals surface area contributed by atoms with Crippen LogP contribution in [0, 0.1) is 0 Å². The summed E-state index contributed by atoms with van der Waals surface area (Å²) < 4.78 is 6.52. The molecule has 0 bridgehead atoms. The molecule has 0 fully saturated rings. The van der Waals surface area contributed by atoms with Crippen LogP contribution in [0.15, 0.2) is 150 Å². The first-order valence-corrected chi connectivity index (χ1v) is 14.1. The van der Waals surface area contributed by atoms with Crippen molar-refractivity contribution in [3.05, 3.63) is 146 Å². The molecule has 1 heterocycles. The predicted molar refractivity (Wildman–Crippen MR) is 174 cm³/mol. The van der Waals surface area contributed by atoms with Gasteiger partial charge in [0.1, 0.15) is 11.2 Å². The summed E-state index contributed by atoms with van der Waals surface area (Å²) in [6, 6.07) is 52.5. The highest BCUT2D eigenvalue weighted by atomic mass is 16.3. The summed E-state index contributed by atoms with van der Waals surface area (Å²) in [5.41, 5.74) is 9.26. The Hall–Kier alpha value is -5.40. The van der Waals surface area contributed by atoms with Crippen molar-refractivity contribution in [3.8, 4) is 33.4 Å². The molecule has 9 aromatic rings. The fraction of sp³-hybridized carbons (Fsp3) is 0. The van der Waals surface area contributed by atoms with Gasteiger partial charge in [0.2, 0.25) is 0 Å². The van der Waals surface area contributed by atoms with Gasteiger partial charge < -0.3 is 4.42 Å². The Morgan fingerprint density at radius 1 is 0.341 bits per heavy atom. The van der Waals surface area contributed by atoms with Gasteiger partial charge in [-0.2, -0.15) is 0 Å². The molecule has 190 valence electrons. The molecule has 1 nitrogen and oxygen atoms in total. The molecule has 0 aliphatic rings. The van der Waals surface area contributed by atoms with E-state index in [4.69, 9.17) is 4.42 Å². The van der Waals surface area contributed by atoms with Gasteiger partial charge in [-0.1, -0.05) is 121 Å². The fourth-order valence-corrected chi connectivity index (χ4v) is 6.89. The SMILES string of the molecule is c1ccc(-c2cc3cc(-c4c5ccccc5c(-c5ccccc5)c5ccccc45)c4cccc5oc(c2)c3c54)cc1. The Balaban J connectivity index is 1.46. The summed E-state index contributed by atoms with van der Waals surface area (Å²) in [5.74, 6) is 0. The van der Waals surface area contributed by atoms with Crippen LogP contribution in [-0.2, 0) is 0 Å². The zero-order valence-corrected chi connectivity index (χ0v) is 22.3. The van der Waals surface area contributed by atoms with Gasteiger partial charge in [-0.25, -0.2) is 0 Å². The molecule has 0 N–H and O–H groups in total. The summed E-state index contributed by atoms with van der Waals surface area (Å²) in [6.45, 7) is 0. The highest BCUT2D eigenvalue weighted by molar-refractivity contribution is 6.30. The summed E-state index contributed by atoms with van der Waals surface area (Å²) in [4.78, 5) is 0. The van der Waals surface area contributed by atoms with Gasteiger partial charge in [0.25, 0.3) is 0 Å². The molecule has 41 heavy (non-hydrogen) atoms. The Kier molecular flexibility index (Phi) is 4.67. The number of fused-ring (bicyclic) bond motifs is 2. The van der Waals surface area contributed by atoms with Gasteiger partial charge in [0.15, 0.2) is 0 Å². The van der Waals surface area contributed by atoms with E-state index < -0.39 is 0 Å². The molecule has 1 aromatic heterocycles. The smallest absolute Gasteiger partial charge is 0.136 e. The topological polar surface area (TPSA) is 13.1 Å². The molecule has 0 saturated carbocycles. The normalized spacial score (nSPS) is 11.9. The Morgan fingerprint density at radius 2 is 0.902 bits per heavy atom. The van der Waals surface area contributed by atoms with E-state index >= 15 is 0 Å². The molecule has 9 rings (SSSR count). The minimum atomic E-state index is 0.934. The number of hydrogen-bond acceptors (Lipinski definition) is 1. The maximum atomic E-state index is 6.52. The van der Waals surface area contributed by atoms with Gasteiger partial charge >= 0.3 is 0 Å². The molecule has 8 aromatic carbocycles. The average Bonchev–Trinajstić information content (AvgIpc) is 3.43. The second-order valence-corrected chi connectivity index (χ2v) is 10.9. The van der Waals surface area contributed by atoms with E-state index in [-0.39, 0.29) is 0 Å². The lowest BCUT2D eigenvalue weighted by Crippen LogP contribution is -1.92. The monoisotopic (exact) mass is 520 g/mol. The molecule has 0 atom stereocenters. The minimum Gasteiger partial charge on any atom is -0.456 e. The largest absolute Gasteiger partial charge is 0.456 e. The third-order valence-corrected chi connectivity index (χ3v) is 8.59. The van der Waals surface area contributed by atoms with Crippen molar-refractivity contribution in [1.82, 2.24) is 0 Å². The lowest BCUT2D eigenvalue weighted by atomic mass is 9.83. The van der Waals surface area contributed by atoms with Crippen LogP contribution in [0.4, 0.5) is 0 Å². The third kappa shape index (κ3) is 3.24. The van der Waals surface area contributed by atoms with Crippen LogP contribution in [0.25, 0.3) is 87.6 Å². The van der Waals surface area contributed by atoms with E-state index in [1.807, 2.05) is 0 Å². The molecule has 0 aliphatic heterocycles. The van der Waals surface area contributed by atoms with Crippen molar-refractivity contribution in [1.29, 1.82) is 0 Å². The second kappa shape index (κ2) is 8.55. The molecule has 1 heteroatoms. The Morgan fingerprint density at radius 3 is 1.56 bits per heavy atom. The first kappa shape index (κ1) is 22.4. The van der Waals surface area contributed by atoms with Crippen LogP contribution in [0.2, 0.25) is 0 Å². The van der Waals surface area contributed by atoms with E-state index in [2.05, 4.69) is 146 Å².